The number of halogens is 1. The van der Waals surface area contributed by atoms with Gasteiger partial charge in [0.2, 0.25) is 0 Å². The van der Waals surface area contributed by atoms with E-state index in [4.69, 9.17) is 0 Å². The Morgan fingerprint density at radius 3 is 2.35 bits per heavy atom. The van der Waals surface area contributed by atoms with Gasteiger partial charge < -0.3 is 0 Å². The number of rotatable bonds is 3. The maximum Gasteiger partial charge on any atom is 0.184 e. The van der Waals surface area contributed by atoms with Crippen molar-refractivity contribution in [3.63, 3.8) is 0 Å². The van der Waals surface area contributed by atoms with Gasteiger partial charge in [0.05, 0.1) is 4.90 Å². The van der Waals surface area contributed by atoms with E-state index in [0.29, 0.717) is 4.90 Å². The molecule has 1 aromatic carbocycles. The first kappa shape index (κ1) is 13.0. The highest BCUT2D eigenvalue weighted by molar-refractivity contribution is 9.11. The first-order valence-electron chi connectivity index (χ1n) is 4.42. The van der Waals surface area contributed by atoms with Crippen molar-refractivity contribution in [1.29, 1.82) is 0 Å². The minimum Gasteiger partial charge on any atom is -0.224 e. The molecule has 0 atom stereocenters. The lowest BCUT2D eigenvalue weighted by Gasteiger charge is -2.00. The molecule has 0 unspecified atom stereocenters. The van der Waals surface area contributed by atoms with E-state index in [1.54, 1.807) is 24.3 Å². The molecule has 0 fully saturated rings. The summed E-state index contributed by atoms with van der Waals surface area (Å²) >= 11 is 6.11. The van der Waals surface area contributed by atoms with E-state index in [1.165, 1.54) is 29.4 Å². The summed E-state index contributed by atoms with van der Waals surface area (Å²) in [5, 5.41) is 7.79. The monoisotopic (exact) mass is 350 g/mol. The van der Waals surface area contributed by atoms with Crippen LogP contribution in [0.2, 0.25) is 0 Å². The average molecular weight is 351 g/mol. The molecule has 8 heteroatoms. The zero-order valence-corrected chi connectivity index (χ0v) is 12.7. The van der Waals surface area contributed by atoms with Gasteiger partial charge >= 0.3 is 0 Å². The fraction of sp³-hybridized carbons (Fsp3) is 0.111. The van der Waals surface area contributed by atoms with Crippen LogP contribution < -0.4 is 0 Å². The van der Waals surface area contributed by atoms with E-state index in [0.717, 1.165) is 13.2 Å². The molecule has 4 nitrogen and oxygen atoms in total. The third kappa shape index (κ3) is 3.51. The van der Waals surface area contributed by atoms with E-state index >= 15 is 0 Å². The van der Waals surface area contributed by atoms with Crippen molar-refractivity contribution in [2.45, 2.75) is 14.1 Å². The molecule has 0 spiro atoms. The number of nitrogens with zero attached hydrogens (tertiary/aromatic N) is 2. The fourth-order valence-electron chi connectivity index (χ4n) is 1.09. The lowest BCUT2D eigenvalue weighted by Crippen LogP contribution is -1.95. The van der Waals surface area contributed by atoms with Gasteiger partial charge in [-0.15, -0.1) is 10.2 Å². The summed E-state index contributed by atoms with van der Waals surface area (Å²) in [5.74, 6) is 0. The molecule has 90 valence electrons. The molecule has 17 heavy (non-hydrogen) atoms. The van der Waals surface area contributed by atoms with Gasteiger partial charge in [-0.05, 0) is 40.2 Å². The standard InChI is InChI=1S/C9H7BrN2O2S3/c1-17(13,14)7-4-2-6(3-5-7)15-9-12-11-8(10)16-9/h2-5H,1H3. The third-order valence-electron chi connectivity index (χ3n) is 1.84. The molecule has 1 heterocycles. The number of hydrogen-bond donors (Lipinski definition) is 0. The summed E-state index contributed by atoms with van der Waals surface area (Å²) in [4.78, 5) is 1.25. The van der Waals surface area contributed by atoms with Crippen LogP contribution in [0.25, 0.3) is 0 Å². The van der Waals surface area contributed by atoms with E-state index in [1.807, 2.05) is 0 Å². The highest BCUT2D eigenvalue weighted by atomic mass is 79.9. The quantitative estimate of drug-likeness (QED) is 0.851. The molecule has 1 aromatic heterocycles. The Bertz CT molecular complexity index is 622. The van der Waals surface area contributed by atoms with Crippen molar-refractivity contribution in [1.82, 2.24) is 10.2 Å². The molecule has 0 aliphatic heterocycles. The summed E-state index contributed by atoms with van der Waals surface area (Å²) in [6.07, 6.45) is 1.19. The van der Waals surface area contributed by atoms with Crippen LogP contribution in [0.3, 0.4) is 0 Å². The van der Waals surface area contributed by atoms with Crippen LogP contribution in [0, 0.1) is 0 Å². The van der Waals surface area contributed by atoms with Gasteiger partial charge in [-0.25, -0.2) is 8.42 Å². The number of hydrogen-bond acceptors (Lipinski definition) is 6. The Morgan fingerprint density at radius 1 is 1.24 bits per heavy atom. The Balaban J connectivity index is 2.19. The lowest BCUT2D eigenvalue weighted by atomic mass is 10.4. The average Bonchev–Trinajstić information content (AvgIpc) is 2.63. The minimum atomic E-state index is -3.13. The molecule has 2 aromatic rings. The molecule has 0 N–H and O–H groups in total. The lowest BCUT2D eigenvalue weighted by molar-refractivity contribution is 0.602. The highest BCUT2D eigenvalue weighted by Gasteiger charge is 2.08. The molecule has 0 saturated carbocycles. The van der Waals surface area contributed by atoms with Crippen molar-refractivity contribution >= 4 is 48.9 Å². The third-order valence-corrected chi connectivity index (χ3v) is 5.38. The normalized spacial score (nSPS) is 11.6. The summed E-state index contributed by atoms with van der Waals surface area (Å²) in [7, 11) is -3.13. The maximum absolute atomic E-state index is 11.3. The van der Waals surface area contributed by atoms with Gasteiger partial charge in [0.1, 0.15) is 0 Å². The highest BCUT2D eigenvalue weighted by Crippen LogP contribution is 2.32. The number of aromatic nitrogens is 2. The SMILES string of the molecule is CS(=O)(=O)c1ccc(Sc2nnc(Br)s2)cc1. The van der Waals surface area contributed by atoms with Gasteiger partial charge in [0, 0.05) is 11.2 Å². The molecule has 0 aliphatic rings. The molecule has 0 aliphatic carbocycles. The summed E-state index contributed by atoms with van der Waals surface area (Å²) in [6.45, 7) is 0. The Hall–Kier alpha value is -0.440. The zero-order chi connectivity index (χ0) is 12.5. The second-order valence-electron chi connectivity index (χ2n) is 3.17. The molecule has 0 bridgehead atoms. The predicted octanol–water partition coefficient (Wildman–Crippen LogP) is 2.86. The van der Waals surface area contributed by atoms with Crippen molar-refractivity contribution in [3.05, 3.63) is 28.2 Å². The van der Waals surface area contributed by atoms with E-state index in [9.17, 15) is 8.42 Å². The largest absolute Gasteiger partial charge is 0.224 e. The van der Waals surface area contributed by atoms with E-state index in [-0.39, 0.29) is 0 Å². The molecular formula is C9H7BrN2O2S3. The smallest absolute Gasteiger partial charge is 0.184 e. The van der Waals surface area contributed by atoms with Crippen LogP contribution in [0.5, 0.6) is 0 Å². The summed E-state index contributed by atoms with van der Waals surface area (Å²) < 4.78 is 24.1. The maximum atomic E-state index is 11.3. The minimum absolute atomic E-state index is 0.320. The second-order valence-corrected chi connectivity index (χ2v) is 8.76. The van der Waals surface area contributed by atoms with Gasteiger partial charge in [0.25, 0.3) is 0 Å². The number of sulfone groups is 1. The van der Waals surface area contributed by atoms with Crippen LogP contribution in [-0.2, 0) is 9.84 Å². The first-order chi connectivity index (χ1) is 7.95. The van der Waals surface area contributed by atoms with Crippen molar-refractivity contribution in [2.75, 3.05) is 6.26 Å². The van der Waals surface area contributed by atoms with Crippen molar-refractivity contribution in [2.24, 2.45) is 0 Å². The summed E-state index contributed by atoms with van der Waals surface area (Å²) in [6, 6.07) is 6.70. The van der Waals surface area contributed by atoms with Gasteiger partial charge in [0.15, 0.2) is 18.1 Å². The van der Waals surface area contributed by atoms with E-state index < -0.39 is 9.84 Å². The van der Waals surface area contributed by atoms with Crippen LogP contribution >= 0.6 is 39.0 Å². The van der Waals surface area contributed by atoms with Gasteiger partial charge in [-0.3, -0.25) is 0 Å². The van der Waals surface area contributed by atoms with E-state index in [2.05, 4.69) is 26.1 Å². The second kappa shape index (κ2) is 5.05. The zero-order valence-electron chi connectivity index (χ0n) is 8.62. The van der Waals surface area contributed by atoms with Crippen LogP contribution in [0.15, 0.2) is 42.3 Å². The Morgan fingerprint density at radius 2 is 1.88 bits per heavy atom. The molecule has 0 saturated heterocycles. The van der Waals surface area contributed by atoms with Crippen molar-refractivity contribution < 1.29 is 8.42 Å². The summed E-state index contributed by atoms with van der Waals surface area (Å²) in [5.41, 5.74) is 0. The Kier molecular flexibility index (Phi) is 3.86. The fourth-order valence-corrected chi connectivity index (χ4v) is 4.14. The van der Waals surface area contributed by atoms with Crippen LogP contribution in [0.4, 0.5) is 0 Å². The molecule has 0 radical (unpaired) electrons. The van der Waals surface area contributed by atoms with Crippen molar-refractivity contribution in [3.8, 4) is 0 Å². The van der Waals surface area contributed by atoms with Crippen LogP contribution in [-0.4, -0.2) is 24.9 Å². The molecule has 2 rings (SSSR count). The van der Waals surface area contributed by atoms with Crippen LogP contribution in [0.1, 0.15) is 0 Å². The predicted molar refractivity (Wildman–Crippen MR) is 71.3 cm³/mol. The number of benzene rings is 1. The van der Waals surface area contributed by atoms with Gasteiger partial charge in [-0.2, -0.15) is 0 Å². The molecular weight excluding hydrogens is 344 g/mol. The topological polar surface area (TPSA) is 59.9 Å². The first-order valence-corrected chi connectivity index (χ1v) is 8.74. The Labute approximate surface area is 116 Å². The molecule has 0 amide bonds. The van der Waals surface area contributed by atoms with Gasteiger partial charge in [-0.1, -0.05) is 23.1 Å².